The molecule has 2 heterocycles. The van der Waals surface area contributed by atoms with E-state index in [1.165, 1.54) is 11.1 Å². The first-order chi connectivity index (χ1) is 14.4. The zero-order valence-electron chi connectivity index (χ0n) is 17.1. The second-order valence-corrected chi connectivity index (χ2v) is 9.37. The number of halogens is 1. The molecule has 2 aliphatic rings. The van der Waals surface area contributed by atoms with E-state index in [4.69, 9.17) is 4.74 Å². The number of hydrogen-bond donors (Lipinski definition) is 0. The van der Waals surface area contributed by atoms with Gasteiger partial charge < -0.3 is 9.64 Å². The number of allylic oxidation sites excluding steroid dienone is 1. The summed E-state index contributed by atoms with van der Waals surface area (Å²) >= 11 is 5.05. The molecule has 0 radical (unpaired) electrons. The van der Waals surface area contributed by atoms with E-state index < -0.39 is 0 Å². The summed E-state index contributed by atoms with van der Waals surface area (Å²) in [5.41, 5.74) is 5.06. The zero-order chi connectivity index (χ0) is 21.4. The quantitative estimate of drug-likeness (QED) is 0.593. The van der Waals surface area contributed by atoms with Crippen molar-refractivity contribution >= 4 is 39.3 Å². The van der Waals surface area contributed by atoms with Gasteiger partial charge in [0.2, 0.25) is 5.91 Å². The van der Waals surface area contributed by atoms with Gasteiger partial charge in [-0.3, -0.25) is 9.69 Å². The number of methoxy groups -OCH3 is 1. The third-order valence-electron chi connectivity index (χ3n) is 5.72. The van der Waals surface area contributed by atoms with E-state index in [-0.39, 0.29) is 18.2 Å². The predicted octanol–water partition coefficient (Wildman–Crippen LogP) is 5.29. The van der Waals surface area contributed by atoms with Gasteiger partial charge in [-0.1, -0.05) is 33.8 Å². The Morgan fingerprint density at radius 2 is 2.00 bits per heavy atom. The number of nitriles is 1. The highest BCUT2D eigenvalue weighted by Crippen LogP contribution is 2.45. The van der Waals surface area contributed by atoms with E-state index in [9.17, 15) is 10.1 Å². The predicted molar refractivity (Wildman–Crippen MR) is 123 cm³/mol. The molecular weight excluding hydrogens is 462 g/mol. The molecule has 0 unspecified atom stereocenters. The molecule has 1 amide bonds. The molecule has 0 N–H and O–H groups in total. The Labute approximate surface area is 189 Å². The van der Waals surface area contributed by atoms with Crippen LogP contribution in [0.25, 0.3) is 0 Å². The van der Waals surface area contributed by atoms with Crippen molar-refractivity contribution in [2.24, 2.45) is 0 Å². The van der Waals surface area contributed by atoms with E-state index >= 15 is 0 Å². The Balaban J connectivity index is 1.70. The Morgan fingerprint density at radius 3 is 2.70 bits per heavy atom. The summed E-state index contributed by atoms with van der Waals surface area (Å²) in [7, 11) is 1.61. The second kappa shape index (κ2) is 8.37. The summed E-state index contributed by atoms with van der Waals surface area (Å²) < 4.78 is 6.42. The normalized spacial score (nSPS) is 18.9. The number of ether oxygens (including phenoxy) is 1. The van der Waals surface area contributed by atoms with Gasteiger partial charge >= 0.3 is 0 Å². The average molecular weight is 484 g/mol. The Hall–Kier alpha value is -2.43. The molecular formula is C23H22BrN3O2S. The maximum atomic E-state index is 13.1. The Morgan fingerprint density at radius 1 is 1.20 bits per heavy atom. The largest absolute Gasteiger partial charge is 0.496 e. The number of thioether (sulfide) groups is 1. The highest BCUT2D eigenvalue weighted by atomic mass is 79.9. The maximum absolute atomic E-state index is 13.1. The minimum absolute atomic E-state index is 0.0251. The summed E-state index contributed by atoms with van der Waals surface area (Å²) in [6.45, 7) is 4.64. The van der Waals surface area contributed by atoms with Crippen molar-refractivity contribution in [1.29, 1.82) is 5.26 Å². The van der Waals surface area contributed by atoms with Crippen LogP contribution in [0, 0.1) is 25.2 Å². The van der Waals surface area contributed by atoms with Gasteiger partial charge in [-0.15, -0.1) is 0 Å². The van der Waals surface area contributed by atoms with Gasteiger partial charge in [0.25, 0.3) is 0 Å². The van der Waals surface area contributed by atoms with Crippen LogP contribution in [0.2, 0.25) is 0 Å². The van der Waals surface area contributed by atoms with Gasteiger partial charge in [0.05, 0.1) is 36.3 Å². The first-order valence-electron chi connectivity index (χ1n) is 9.66. The standard InChI is InChI=1S/C23H22BrN3O2S/c1-14-4-6-17(8-15(14)2)26-12-27-22(28)10-18(20(11-25)23(27)30-13-26)19-9-16(24)5-7-21(19)29-3/h4-9,18H,10,12-13H2,1-3H3/t18-/m0/s1. The van der Waals surface area contributed by atoms with Crippen LogP contribution < -0.4 is 9.64 Å². The van der Waals surface area contributed by atoms with Crippen molar-refractivity contribution in [1.82, 2.24) is 4.90 Å². The lowest BCUT2D eigenvalue weighted by Crippen LogP contribution is -2.47. The topological polar surface area (TPSA) is 56.6 Å². The van der Waals surface area contributed by atoms with Crippen LogP contribution in [-0.2, 0) is 4.79 Å². The number of benzene rings is 2. The molecule has 7 heteroatoms. The molecule has 1 fully saturated rings. The van der Waals surface area contributed by atoms with Crippen LogP contribution in [0.1, 0.15) is 29.0 Å². The third-order valence-corrected chi connectivity index (χ3v) is 7.36. The Kier molecular flexibility index (Phi) is 5.81. The van der Waals surface area contributed by atoms with Gasteiger partial charge in [0.15, 0.2) is 0 Å². The van der Waals surface area contributed by atoms with Crippen molar-refractivity contribution in [2.75, 3.05) is 24.6 Å². The van der Waals surface area contributed by atoms with E-state index in [1.807, 2.05) is 18.2 Å². The molecule has 30 heavy (non-hydrogen) atoms. The van der Waals surface area contributed by atoms with Crippen LogP contribution in [0.4, 0.5) is 5.69 Å². The number of rotatable bonds is 3. The van der Waals surface area contributed by atoms with Gasteiger partial charge in [0, 0.05) is 28.1 Å². The van der Waals surface area contributed by atoms with E-state index in [0.29, 0.717) is 23.9 Å². The molecule has 2 aromatic carbocycles. The second-order valence-electron chi connectivity index (χ2n) is 7.52. The van der Waals surface area contributed by atoms with Crippen LogP contribution in [0.15, 0.2) is 51.5 Å². The van der Waals surface area contributed by atoms with Gasteiger partial charge in [-0.05, 0) is 55.3 Å². The molecule has 2 aromatic rings. The molecule has 0 aliphatic carbocycles. The first kappa shape index (κ1) is 20.8. The number of carbonyl (C=O) groups excluding carboxylic acids is 1. The number of hydrogen-bond acceptors (Lipinski definition) is 5. The van der Waals surface area contributed by atoms with Gasteiger partial charge in [-0.25, -0.2) is 0 Å². The number of nitrogens with zero attached hydrogens (tertiary/aromatic N) is 3. The molecule has 1 saturated heterocycles. The summed E-state index contributed by atoms with van der Waals surface area (Å²) in [5, 5.41) is 10.8. The van der Waals surface area contributed by atoms with E-state index in [1.54, 1.807) is 23.8 Å². The van der Waals surface area contributed by atoms with Crippen molar-refractivity contribution in [3.63, 3.8) is 0 Å². The number of carbonyl (C=O) groups is 1. The highest BCUT2D eigenvalue weighted by Gasteiger charge is 2.39. The average Bonchev–Trinajstić information content (AvgIpc) is 2.75. The molecule has 2 aliphatic heterocycles. The minimum atomic E-state index is -0.304. The number of amides is 1. The van der Waals surface area contributed by atoms with Crippen molar-refractivity contribution in [2.45, 2.75) is 26.2 Å². The van der Waals surface area contributed by atoms with Gasteiger partial charge in [0.1, 0.15) is 5.75 Å². The molecule has 0 aromatic heterocycles. The zero-order valence-corrected chi connectivity index (χ0v) is 19.5. The highest BCUT2D eigenvalue weighted by molar-refractivity contribution is 9.10. The maximum Gasteiger partial charge on any atom is 0.229 e. The molecule has 4 rings (SSSR count). The SMILES string of the molecule is COc1ccc(Br)cc1[C@@H]1CC(=O)N2CN(c3ccc(C)c(C)c3)CSC2=C1C#N. The van der Waals surface area contributed by atoms with Crippen LogP contribution in [-0.4, -0.2) is 30.5 Å². The number of aryl methyl sites for hydroxylation is 2. The number of fused-ring (bicyclic) bond motifs is 1. The molecule has 0 saturated carbocycles. The van der Waals surface area contributed by atoms with Crippen LogP contribution in [0.5, 0.6) is 5.75 Å². The third kappa shape index (κ3) is 3.70. The first-order valence-corrected chi connectivity index (χ1v) is 11.4. The lowest BCUT2D eigenvalue weighted by atomic mass is 9.86. The lowest BCUT2D eigenvalue weighted by Gasteiger charge is -2.42. The Bertz CT molecular complexity index is 1090. The fourth-order valence-electron chi connectivity index (χ4n) is 3.89. The summed E-state index contributed by atoms with van der Waals surface area (Å²) in [4.78, 5) is 17.1. The molecule has 5 nitrogen and oxygen atoms in total. The van der Waals surface area contributed by atoms with Crippen molar-refractivity contribution in [3.05, 3.63) is 68.2 Å². The van der Waals surface area contributed by atoms with Gasteiger partial charge in [-0.2, -0.15) is 5.26 Å². The lowest BCUT2D eigenvalue weighted by molar-refractivity contribution is -0.129. The van der Waals surface area contributed by atoms with Crippen LogP contribution in [0.3, 0.4) is 0 Å². The summed E-state index contributed by atoms with van der Waals surface area (Å²) in [6, 6.07) is 14.4. The van der Waals surface area contributed by atoms with Crippen molar-refractivity contribution < 1.29 is 9.53 Å². The monoisotopic (exact) mass is 483 g/mol. The number of anilines is 1. The van der Waals surface area contributed by atoms with Crippen molar-refractivity contribution in [3.8, 4) is 11.8 Å². The molecule has 154 valence electrons. The smallest absolute Gasteiger partial charge is 0.229 e. The van der Waals surface area contributed by atoms with E-state index in [0.717, 1.165) is 20.8 Å². The summed E-state index contributed by atoms with van der Waals surface area (Å²) in [5.74, 6) is 1.10. The molecule has 0 spiro atoms. The van der Waals surface area contributed by atoms with Crippen LogP contribution >= 0.6 is 27.7 Å². The molecule has 0 bridgehead atoms. The fourth-order valence-corrected chi connectivity index (χ4v) is 5.44. The summed E-state index contributed by atoms with van der Waals surface area (Å²) in [6.07, 6.45) is 0.251. The minimum Gasteiger partial charge on any atom is -0.496 e. The fraction of sp³-hybridized carbons (Fsp3) is 0.304. The van der Waals surface area contributed by atoms with E-state index in [2.05, 4.69) is 58.9 Å². The molecule has 1 atom stereocenters.